The Balaban J connectivity index is 1.84. The number of hydrogen-bond donors (Lipinski definition) is 1. The normalized spacial score (nSPS) is 38.0. The molecule has 0 spiro atoms. The maximum atomic E-state index is 12.6. The lowest BCUT2D eigenvalue weighted by molar-refractivity contribution is -0.163. The maximum Gasteiger partial charge on any atom is 0.246 e. The summed E-state index contributed by atoms with van der Waals surface area (Å²) in [5, 5.41) is 9.75. The van der Waals surface area contributed by atoms with Crippen molar-refractivity contribution in [2.75, 3.05) is 13.1 Å². The molecule has 0 saturated carbocycles. The van der Waals surface area contributed by atoms with Crippen LogP contribution in [0.25, 0.3) is 0 Å². The molecule has 0 aliphatic carbocycles. The number of carbonyl (C=O) groups is 2. The van der Waals surface area contributed by atoms with Crippen molar-refractivity contribution in [3.05, 3.63) is 0 Å². The van der Waals surface area contributed by atoms with E-state index in [1.54, 1.807) is 9.80 Å². The highest BCUT2D eigenvalue weighted by Gasteiger charge is 2.52. The third kappa shape index (κ3) is 2.03. The maximum absolute atomic E-state index is 12.6. The molecule has 0 aromatic rings. The Labute approximate surface area is 119 Å². The van der Waals surface area contributed by atoms with Gasteiger partial charge >= 0.3 is 0 Å². The van der Waals surface area contributed by atoms with Crippen LogP contribution in [0.1, 0.15) is 40.0 Å². The first-order valence-electron chi connectivity index (χ1n) is 7.58. The Morgan fingerprint density at radius 1 is 1.05 bits per heavy atom. The van der Waals surface area contributed by atoms with Crippen molar-refractivity contribution in [2.45, 2.75) is 58.2 Å². The Morgan fingerprint density at radius 3 is 2.30 bits per heavy atom. The lowest BCUT2D eigenvalue weighted by Gasteiger charge is -2.48. The molecule has 0 bridgehead atoms. The highest BCUT2D eigenvalue weighted by atomic mass is 16.3. The molecular weight excluding hydrogens is 256 g/mol. The predicted molar refractivity (Wildman–Crippen MR) is 73.8 cm³/mol. The van der Waals surface area contributed by atoms with Crippen LogP contribution in [-0.2, 0) is 9.59 Å². The van der Waals surface area contributed by atoms with Gasteiger partial charge in [-0.05, 0) is 24.2 Å². The van der Waals surface area contributed by atoms with E-state index in [2.05, 4.69) is 20.8 Å². The molecule has 112 valence electrons. The van der Waals surface area contributed by atoms with Crippen LogP contribution < -0.4 is 0 Å². The van der Waals surface area contributed by atoms with Gasteiger partial charge in [-0.25, -0.2) is 0 Å². The van der Waals surface area contributed by atoms with Crippen molar-refractivity contribution in [1.82, 2.24) is 9.80 Å². The topological polar surface area (TPSA) is 60.9 Å². The number of hydrogen-bond acceptors (Lipinski definition) is 3. The second kappa shape index (κ2) is 4.45. The van der Waals surface area contributed by atoms with Gasteiger partial charge in [0.2, 0.25) is 11.8 Å². The van der Waals surface area contributed by atoms with E-state index < -0.39 is 12.1 Å². The van der Waals surface area contributed by atoms with Crippen LogP contribution >= 0.6 is 0 Å². The number of piperidine rings is 1. The summed E-state index contributed by atoms with van der Waals surface area (Å²) in [5.74, 6) is 0.545. The minimum atomic E-state index is -0.548. The molecule has 0 radical (unpaired) electrons. The Bertz CT molecular complexity index is 443. The summed E-state index contributed by atoms with van der Waals surface area (Å²) in [6.07, 6.45) is 1.57. The number of rotatable bonds is 0. The van der Waals surface area contributed by atoms with E-state index in [4.69, 9.17) is 0 Å². The quantitative estimate of drug-likeness (QED) is 0.707. The first-order chi connectivity index (χ1) is 9.29. The predicted octanol–water partition coefficient (Wildman–Crippen LogP) is 0.615. The van der Waals surface area contributed by atoms with Crippen molar-refractivity contribution >= 4 is 11.8 Å². The fourth-order valence-corrected chi connectivity index (χ4v) is 3.92. The van der Waals surface area contributed by atoms with Crippen LogP contribution in [0.4, 0.5) is 0 Å². The van der Waals surface area contributed by atoms with Crippen LogP contribution in [0.15, 0.2) is 0 Å². The third-order valence-electron chi connectivity index (χ3n) is 5.24. The zero-order chi connectivity index (χ0) is 14.7. The Hall–Kier alpha value is -1.10. The van der Waals surface area contributed by atoms with Gasteiger partial charge in [0, 0.05) is 19.5 Å². The highest BCUT2D eigenvalue weighted by Crippen LogP contribution is 2.40. The molecule has 1 N–H and O–H groups in total. The van der Waals surface area contributed by atoms with Gasteiger partial charge in [0.05, 0.1) is 6.10 Å². The molecule has 0 aromatic heterocycles. The highest BCUT2D eigenvalue weighted by molar-refractivity contribution is 5.97. The van der Waals surface area contributed by atoms with Crippen LogP contribution in [0.5, 0.6) is 0 Å². The summed E-state index contributed by atoms with van der Waals surface area (Å²) in [6, 6.07) is -0.720. The first kappa shape index (κ1) is 13.9. The number of nitrogens with zero attached hydrogens (tertiary/aromatic N) is 2. The van der Waals surface area contributed by atoms with Crippen molar-refractivity contribution in [1.29, 1.82) is 0 Å². The van der Waals surface area contributed by atoms with Gasteiger partial charge in [-0.1, -0.05) is 20.8 Å². The zero-order valence-electron chi connectivity index (χ0n) is 12.5. The van der Waals surface area contributed by atoms with Gasteiger partial charge in [-0.3, -0.25) is 9.59 Å². The molecule has 5 nitrogen and oxygen atoms in total. The molecule has 5 heteroatoms. The first-order valence-corrected chi connectivity index (χ1v) is 7.58. The lowest BCUT2D eigenvalue weighted by atomic mass is 9.72. The summed E-state index contributed by atoms with van der Waals surface area (Å²) >= 11 is 0. The molecule has 4 unspecified atom stereocenters. The summed E-state index contributed by atoms with van der Waals surface area (Å²) in [6.45, 7) is 7.60. The molecule has 3 aliphatic rings. The minimum absolute atomic E-state index is 0.0403. The van der Waals surface area contributed by atoms with E-state index in [9.17, 15) is 14.7 Å². The SMILES string of the molecule is CC(C)(C)C1CCN2C(=O)C3CC(O)CN3C(=O)C2C1. The largest absolute Gasteiger partial charge is 0.391 e. The fraction of sp³-hybridized carbons (Fsp3) is 0.867. The standard InChI is InChI=1S/C15H24N2O3/c1-15(2,3)9-4-5-16-11(6-9)14(20)17-8-10(18)7-12(17)13(16)19/h9-12,18H,4-8H2,1-3H3. The number of piperazine rings is 1. The van der Waals surface area contributed by atoms with E-state index >= 15 is 0 Å². The van der Waals surface area contributed by atoms with Gasteiger partial charge in [0.25, 0.3) is 0 Å². The molecule has 3 fully saturated rings. The molecule has 3 heterocycles. The Morgan fingerprint density at radius 2 is 1.65 bits per heavy atom. The van der Waals surface area contributed by atoms with Crippen LogP contribution in [-0.4, -0.2) is 58.0 Å². The smallest absolute Gasteiger partial charge is 0.246 e. The number of carbonyl (C=O) groups excluding carboxylic acids is 2. The Kier molecular flexibility index (Phi) is 3.08. The minimum Gasteiger partial charge on any atom is -0.391 e. The molecule has 3 aliphatic heterocycles. The van der Waals surface area contributed by atoms with E-state index in [0.29, 0.717) is 25.4 Å². The van der Waals surface area contributed by atoms with Gasteiger partial charge in [0.15, 0.2) is 0 Å². The second-order valence-electron chi connectivity index (χ2n) is 7.53. The molecule has 0 aromatic carbocycles. The zero-order valence-corrected chi connectivity index (χ0v) is 12.5. The lowest BCUT2D eigenvalue weighted by Crippen LogP contribution is -2.65. The van der Waals surface area contributed by atoms with Crippen LogP contribution in [0, 0.1) is 11.3 Å². The van der Waals surface area contributed by atoms with Crippen molar-refractivity contribution in [3.63, 3.8) is 0 Å². The molecule has 3 rings (SSSR count). The average molecular weight is 280 g/mol. The van der Waals surface area contributed by atoms with E-state index in [1.165, 1.54) is 0 Å². The van der Waals surface area contributed by atoms with Crippen LogP contribution in [0.3, 0.4) is 0 Å². The number of aliphatic hydroxyl groups is 1. The van der Waals surface area contributed by atoms with E-state index in [-0.39, 0.29) is 23.3 Å². The van der Waals surface area contributed by atoms with Crippen molar-refractivity contribution < 1.29 is 14.7 Å². The summed E-state index contributed by atoms with van der Waals surface area (Å²) in [4.78, 5) is 28.5. The number of aliphatic hydroxyl groups excluding tert-OH is 1. The fourth-order valence-electron chi connectivity index (χ4n) is 3.92. The third-order valence-corrected chi connectivity index (χ3v) is 5.24. The summed E-state index contributed by atoms with van der Waals surface area (Å²) in [5.41, 5.74) is 0.163. The molecule has 3 saturated heterocycles. The summed E-state index contributed by atoms with van der Waals surface area (Å²) < 4.78 is 0. The second-order valence-corrected chi connectivity index (χ2v) is 7.53. The van der Waals surface area contributed by atoms with Crippen LogP contribution in [0.2, 0.25) is 0 Å². The molecule has 20 heavy (non-hydrogen) atoms. The van der Waals surface area contributed by atoms with Gasteiger partial charge < -0.3 is 14.9 Å². The average Bonchev–Trinajstić information content (AvgIpc) is 2.76. The molecule has 4 atom stereocenters. The monoisotopic (exact) mass is 280 g/mol. The van der Waals surface area contributed by atoms with Crippen molar-refractivity contribution in [2.24, 2.45) is 11.3 Å². The van der Waals surface area contributed by atoms with Gasteiger partial charge in [-0.2, -0.15) is 0 Å². The molecule has 2 amide bonds. The summed E-state index contributed by atoms with van der Waals surface area (Å²) in [7, 11) is 0. The molecular formula is C15H24N2O3. The number of amides is 2. The van der Waals surface area contributed by atoms with E-state index in [1.807, 2.05) is 0 Å². The van der Waals surface area contributed by atoms with E-state index in [0.717, 1.165) is 12.8 Å². The van der Waals surface area contributed by atoms with Crippen molar-refractivity contribution in [3.8, 4) is 0 Å². The van der Waals surface area contributed by atoms with Gasteiger partial charge in [0.1, 0.15) is 12.1 Å². The van der Waals surface area contributed by atoms with Gasteiger partial charge in [-0.15, -0.1) is 0 Å². The number of fused-ring (bicyclic) bond motifs is 2.